The van der Waals surface area contributed by atoms with E-state index in [2.05, 4.69) is 4.40 Å². The molecular weight excluding hydrogens is 300 g/mol. The second-order valence-corrected chi connectivity index (χ2v) is 6.48. The second-order valence-electron chi connectivity index (χ2n) is 4.63. The predicted octanol–water partition coefficient (Wildman–Crippen LogP) is 2.13. The van der Waals surface area contributed by atoms with Crippen molar-refractivity contribution in [1.29, 1.82) is 0 Å². The third-order valence-electron chi connectivity index (χ3n) is 2.82. The van der Waals surface area contributed by atoms with Gasteiger partial charge in [0, 0.05) is 26.9 Å². The number of carbonyl (C=O) groups is 2. The minimum atomic E-state index is -1.22. The molecule has 0 bridgehead atoms. The number of amidine groups is 1. The largest absolute Gasteiger partial charge is 0.419 e. The molecule has 0 aliphatic carbocycles. The first-order valence-electron chi connectivity index (χ1n) is 6.27. The number of rotatable bonds is 2. The van der Waals surface area contributed by atoms with Crippen molar-refractivity contribution in [1.82, 2.24) is 4.90 Å². The lowest BCUT2D eigenvalue weighted by atomic mass is 10.2. The van der Waals surface area contributed by atoms with E-state index >= 15 is 0 Å². The molecule has 0 aromatic carbocycles. The van der Waals surface area contributed by atoms with Gasteiger partial charge >= 0.3 is 11.9 Å². The molecule has 0 spiro atoms. The van der Waals surface area contributed by atoms with Gasteiger partial charge in [-0.2, -0.15) is 4.40 Å². The molecule has 0 amide bonds. The normalized spacial score (nSPS) is 21.5. The lowest BCUT2D eigenvalue weighted by Gasteiger charge is -2.31. The van der Waals surface area contributed by atoms with Crippen molar-refractivity contribution in [3.8, 4) is 0 Å². The van der Waals surface area contributed by atoms with E-state index in [9.17, 15) is 9.59 Å². The summed E-state index contributed by atoms with van der Waals surface area (Å²) in [6.07, 6.45) is 0. The van der Waals surface area contributed by atoms with Gasteiger partial charge in [0.15, 0.2) is 11.4 Å². The van der Waals surface area contributed by atoms with Crippen molar-refractivity contribution < 1.29 is 19.1 Å². The third kappa shape index (κ3) is 2.80. The van der Waals surface area contributed by atoms with Gasteiger partial charge in [-0.3, -0.25) is 0 Å². The van der Waals surface area contributed by atoms with Crippen LogP contribution < -0.4 is 0 Å². The second kappa shape index (κ2) is 5.69. The number of esters is 2. The molecule has 0 unspecified atom stereocenters. The maximum absolute atomic E-state index is 12.1. The summed E-state index contributed by atoms with van der Waals surface area (Å²) in [4.78, 5) is 26.6. The Kier molecular flexibility index (Phi) is 4.33. The summed E-state index contributed by atoms with van der Waals surface area (Å²) >= 11 is 0. The Bertz CT molecular complexity index is 488. The van der Waals surface area contributed by atoms with Crippen molar-refractivity contribution in [2.45, 2.75) is 33.5 Å². The first-order chi connectivity index (χ1) is 9.39. The predicted molar refractivity (Wildman–Crippen MR) is 78.8 cm³/mol. The van der Waals surface area contributed by atoms with Crippen LogP contribution in [-0.4, -0.2) is 41.6 Å². The Labute approximate surface area is 125 Å². The van der Waals surface area contributed by atoms with Crippen LogP contribution in [0.1, 0.15) is 27.7 Å². The molecule has 2 heterocycles. The van der Waals surface area contributed by atoms with Gasteiger partial charge in [0.1, 0.15) is 0 Å². The highest BCUT2D eigenvalue weighted by atomic mass is 33.1. The standard InChI is InChI=1S/C12H16N2O4S2/c1-5-14(6-2)9-8(19-20-13-9)7-10(15)17-12(3,4)18-11(7)16/h5-6H2,1-4H3. The molecule has 0 radical (unpaired) electrons. The molecule has 2 aliphatic rings. The van der Waals surface area contributed by atoms with Gasteiger partial charge in [0.05, 0.1) is 15.9 Å². The molecule has 0 aromatic heterocycles. The summed E-state index contributed by atoms with van der Waals surface area (Å²) in [7, 11) is 2.51. The van der Waals surface area contributed by atoms with Crippen LogP contribution >= 0.6 is 21.8 Å². The smallest absolute Gasteiger partial charge is 0.350 e. The molecule has 110 valence electrons. The van der Waals surface area contributed by atoms with Crippen LogP contribution in [0.3, 0.4) is 0 Å². The number of hydrogen-bond acceptors (Lipinski definition) is 8. The summed E-state index contributed by atoms with van der Waals surface area (Å²) in [5, 5.41) is 0. The molecule has 0 saturated carbocycles. The molecule has 1 saturated heterocycles. The van der Waals surface area contributed by atoms with E-state index in [1.807, 2.05) is 18.7 Å². The molecule has 0 aromatic rings. The number of cyclic esters (lactones) is 2. The Hall–Kier alpha value is -1.15. The molecule has 6 nitrogen and oxygen atoms in total. The minimum Gasteiger partial charge on any atom is -0.419 e. The van der Waals surface area contributed by atoms with Gasteiger partial charge in [-0.25, -0.2) is 9.59 Å². The molecule has 20 heavy (non-hydrogen) atoms. The number of nitrogens with zero attached hydrogens (tertiary/aromatic N) is 2. The minimum absolute atomic E-state index is 0.0648. The van der Waals surface area contributed by atoms with E-state index in [1.54, 1.807) is 0 Å². The highest BCUT2D eigenvalue weighted by Gasteiger charge is 2.43. The van der Waals surface area contributed by atoms with Crippen LogP contribution in [0.5, 0.6) is 0 Å². The Balaban J connectivity index is 2.39. The van der Waals surface area contributed by atoms with Crippen molar-refractivity contribution in [2.24, 2.45) is 4.40 Å². The maximum Gasteiger partial charge on any atom is 0.350 e. The zero-order valence-electron chi connectivity index (χ0n) is 11.8. The van der Waals surface area contributed by atoms with Gasteiger partial charge in [0.25, 0.3) is 5.79 Å². The lowest BCUT2D eigenvalue weighted by molar-refractivity contribution is -0.222. The number of likely N-dealkylation sites (N-methyl/N-ethyl adjacent to an activating group) is 1. The Morgan fingerprint density at radius 1 is 1.15 bits per heavy atom. The fourth-order valence-corrected chi connectivity index (χ4v) is 3.85. The number of ether oxygens (including phenoxy) is 2. The molecule has 2 aliphatic heterocycles. The van der Waals surface area contributed by atoms with Crippen molar-refractivity contribution >= 4 is 39.5 Å². The van der Waals surface area contributed by atoms with Gasteiger partial charge in [0.2, 0.25) is 0 Å². The van der Waals surface area contributed by atoms with Crippen LogP contribution in [0.25, 0.3) is 0 Å². The topological polar surface area (TPSA) is 68.2 Å². The van der Waals surface area contributed by atoms with Gasteiger partial charge in [-0.1, -0.05) is 0 Å². The summed E-state index contributed by atoms with van der Waals surface area (Å²) in [6, 6.07) is 0. The van der Waals surface area contributed by atoms with E-state index in [-0.39, 0.29) is 5.57 Å². The monoisotopic (exact) mass is 316 g/mol. The first-order valence-corrected chi connectivity index (χ1v) is 8.38. The van der Waals surface area contributed by atoms with Gasteiger partial charge in [-0.05, 0) is 24.6 Å². The van der Waals surface area contributed by atoms with E-state index < -0.39 is 17.7 Å². The first kappa shape index (κ1) is 15.2. The molecule has 2 rings (SSSR count). The summed E-state index contributed by atoms with van der Waals surface area (Å²) < 4.78 is 14.5. The van der Waals surface area contributed by atoms with E-state index in [1.165, 1.54) is 35.6 Å². The summed E-state index contributed by atoms with van der Waals surface area (Å²) in [5.41, 5.74) is -0.0648. The highest BCUT2D eigenvalue weighted by Crippen LogP contribution is 2.43. The zero-order valence-corrected chi connectivity index (χ0v) is 13.4. The molecule has 8 heteroatoms. The van der Waals surface area contributed by atoms with Crippen LogP contribution in [0, 0.1) is 0 Å². The van der Waals surface area contributed by atoms with Gasteiger partial charge in [-0.15, -0.1) is 0 Å². The fraction of sp³-hybridized carbons (Fsp3) is 0.583. The average molecular weight is 316 g/mol. The van der Waals surface area contributed by atoms with Crippen molar-refractivity contribution in [3.63, 3.8) is 0 Å². The number of hydrogen-bond donors (Lipinski definition) is 0. The molecule has 0 atom stereocenters. The van der Waals surface area contributed by atoms with Crippen molar-refractivity contribution in [2.75, 3.05) is 13.1 Å². The van der Waals surface area contributed by atoms with E-state index in [0.717, 1.165) is 13.1 Å². The van der Waals surface area contributed by atoms with Crippen LogP contribution in [0.15, 0.2) is 14.9 Å². The average Bonchev–Trinajstić information content (AvgIpc) is 2.77. The Morgan fingerprint density at radius 3 is 2.20 bits per heavy atom. The summed E-state index contributed by atoms with van der Waals surface area (Å²) in [6.45, 7) is 8.51. The zero-order chi connectivity index (χ0) is 14.9. The van der Waals surface area contributed by atoms with E-state index in [4.69, 9.17) is 9.47 Å². The van der Waals surface area contributed by atoms with Crippen LogP contribution in [0.2, 0.25) is 0 Å². The molecule has 0 N–H and O–H groups in total. The van der Waals surface area contributed by atoms with E-state index in [0.29, 0.717) is 10.7 Å². The van der Waals surface area contributed by atoms with Crippen LogP contribution in [0.4, 0.5) is 0 Å². The summed E-state index contributed by atoms with van der Waals surface area (Å²) in [5.74, 6) is -1.90. The van der Waals surface area contributed by atoms with Crippen LogP contribution in [-0.2, 0) is 19.1 Å². The number of carbonyl (C=O) groups excluding carboxylic acids is 2. The third-order valence-corrected chi connectivity index (χ3v) is 4.65. The maximum atomic E-state index is 12.1. The quantitative estimate of drug-likeness (QED) is 0.254. The van der Waals surface area contributed by atoms with Crippen molar-refractivity contribution in [3.05, 3.63) is 10.5 Å². The highest BCUT2D eigenvalue weighted by molar-refractivity contribution is 8.78. The fourth-order valence-electron chi connectivity index (χ4n) is 1.89. The lowest BCUT2D eigenvalue weighted by Crippen LogP contribution is -2.43. The van der Waals surface area contributed by atoms with Gasteiger partial charge < -0.3 is 14.4 Å². The molecular formula is C12H16N2O4S2. The Morgan fingerprint density at radius 2 is 1.70 bits per heavy atom. The molecule has 1 fully saturated rings. The SMILES string of the molecule is CCN(CC)C1=NSSC1=C1C(=O)OC(C)(C)OC1=O.